The van der Waals surface area contributed by atoms with Crippen LogP contribution in [-0.2, 0) is 33.3 Å². The van der Waals surface area contributed by atoms with Crippen molar-refractivity contribution < 1.29 is 38.1 Å². The number of likely N-dealkylation sites (N-methyl/N-ethyl adjacent to an activating group) is 1. The third-order valence-electron chi connectivity index (χ3n) is 9.43. The number of carbonyl (C=O) groups excluding carboxylic acids is 3. The smallest absolute Gasteiger partial charge is 0.407 e. The molecule has 7 atom stereocenters. The summed E-state index contributed by atoms with van der Waals surface area (Å²) in [5.74, 6) is -0.115. The van der Waals surface area contributed by atoms with E-state index < -0.39 is 17.8 Å². The Bertz CT molecular complexity index is 923. The highest BCUT2D eigenvalue weighted by Crippen LogP contribution is 2.59. The molecule has 0 aromatic heterocycles. The topological polar surface area (TPSA) is 128 Å². The van der Waals surface area contributed by atoms with Gasteiger partial charge in [0.2, 0.25) is 0 Å². The molecule has 0 bridgehead atoms. The van der Waals surface area contributed by atoms with Gasteiger partial charge in [0.15, 0.2) is 0 Å². The minimum Gasteiger partial charge on any atom is -0.460 e. The highest BCUT2D eigenvalue weighted by molar-refractivity contribution is 5.80. The van der Waals surface area contributed by atoms with Crippen molar-refractivity contribution in [2.24, 2.45) is 17.8 Å². The Morgan fingerprint density at radius 1 is 1.14 bits per heavy atom. The van der Waals surface area contributed by atoms with Gasteiger partial charge in [-0.05, 0) is 51.5 Å². The van der Waals surface area contributed by atoms with Crippen molar-refractivity contribution in [2.45, 2.75) is 121 Å². The number of ether oxygens (including phenoxy) is 5. The molecule has 3 aliphatic rings. The summed E-state index contributed by atoms with van der Waals surface area (Å²) in [6.07, 6.45) is 8.54. The predicted octanol–water partition coefficient (Wildman–Crippen LogP) is 4.73. The second kappa shape index (κ2) is 16.9. The van der Waals surface area contributed by atoms with Gasteiger partial charge in [0.05, 0.1) is 38.2 Å². The Morgan fingerprint density at radius 3 is 2.51 bits per heavy atom. The maximum atomic E-state index is 13.1. The number of ketones is 1. The fraction of sp³-hybridized carbons (Fsp3) is 0.848. The van der Waals surface area contributed by atoms with E-state index in [0.717, 1.165) is 51.5 Å². The van der Waals surface area contributed by atoms with Gasteiger partial charge in [-0.15, -0.1) is 6.58 Å². The van der Waals surface area contributed by atoms with E-state index in [1.54, 1.807) is 7.11 Å². The zero-order valence-corrected chi connectivity index (χ0v) is 27.1. The molecule has 3 fully saturated rings. The number of Topliss-reactive ketones (excluding diaryl/α,β-unsaturated/α-hetero) is 1. The summed E-state index contributed by atoms with van der Waals surface area (Å²) in [4.78, 5) is 37.1. The van der Waals surface area contributed by atoms with Crippen molar-refractivity contribution in [1.82, 2.24) is 10.6 Å². The summed E-state index contributed by atoms with van der Waals surface area (Å²) in [5, 5.41) is 5.86. The summed E-state index contributed by atoms with van der Waals surface area (Å²) in [6, 6.07) is 0. The molecule has 0 radical (unpaired) electrons. The number of hydrogen-bond acceptors (Lipinski definition) is 9. The van der Waals surface area contributed by atoms with Crippen molar-refractivity contribution in [3.63, 3.8) is 0 Å². The standard InChI is InChI=1S/C33H56N2O8/c1-7-14-27-32(5,43-27)30-29(39-6)26(16-17-33(30)22-41-33)42-28(37)19-24(23(3)4)21-40-31(38)35-18-13-11-9-10-12-15-25(36)20-34-8-2/h7,23-24,26-27,29-30,34H,1,8-22H2,2-6H3,(H,35,38)/t24-,26?,27+,29?,30?,32?,33-/m0/s1. The molecule has 1 amide bonds. The number of rotatable bonds is 21. The highest BCUT2D eigenvalue weighted by Gasteiger charge is 2.72. The van der Waals surface area contributed by atoms with Crippen molar-refractivity contribution in [2.75, 3.05) is 40.0 Å². The molecule has 2 heterocycles. The minimum atomic E-state index is -0.468. The molecular weight excluding hydrogens is 552 g/mol. The first-order valence-corrected chi connectivity index (χ1v) is 16.4. The first-order chi connectivity index (χ1) is 20.6. The lowest BCUT2D eigenvalue weighted by Crippen LogP contribution is -2.55. The quantitative estimate of drug-likeness (QED) is 0.0822. The zero-order chi connectivity index (χ0) is 31.5. The molecule has 0 aromatic rings. The largest absolute Gasteiger partial charge is 0.460 e. The molecule has 43 heavy (non-hydrogen) atoms. The van der Waals surface area contributed by atoms with Crippen molar-refractivity contribution >= 4 is 17.8 Å². The van der Waals surface area contributed by atoms with Gasteiger partial charge in [-0.3, -0.25) is 9.59 Å². The van der Waals surface area contributed by atoms with Gasteiger partial charge in [-0.2, -0.15) is 0 Å². The minimum absolute atomic E-state index is 0.0354. The fourth-order valence-electron chi connectivity index (χ4n) is 6.55. The molecule has 4 unspecified atom stereocenters. The van der Waals surface area contributed by atoms with Gasteiger partial charge >= 0.3 is 12.1 Å². The van der Waals surface area contributed by atoms with Crippen LogP contribution in [0.15, 0.2) is 12.7 Å². The Morgan fingerprint density at radius 2 is 1.86 bits per heavy atom. The third kappa shape index (κ3) is 10.3. The number of unbranched alkanes of at least 4 members (excludes halogenated alkanes) is 4. The van der Waals surface area contributed by atoms with Crippen molar-refractivity contribution in [3.05, 3.63) is 12.7 Å². The Hall–Kier alpha value is -2.01. The average Bonchev–Trinajstić information content (AvgIpc) is 3.89. The van der Waals surface area contributed by atoms with E-state index in [4.69, 9.17) is 23.7 Å². The molecule has 10 heteroatoms. The SMILES string of the molecule is C=CC[C@H]1OC1(C)C1C(OC)C(OC(=O)C[C@@H](COC(=O)NCCCCCCCC(=O)CNCC)C(C)C)CC[C@]12CO2. The first-order valence-electron chi connectivity index (χ1n) is 16.4. The number of alkyl carbamates (subject to hydrolysis) is 1. The first kappa shape index (κ1) is 35.5. The van der Waals surface area contributed by atoms with Gasteiger partial charge in [0.1, 0.15) is 29.2 Å². The van der Waals surface area contributed by atoms with Crippen LogP contribution < -0.4 is 10.6 Å². The molecule has 3 rings (SSSR count). The monoisotopic (exact) mass is 608 g/mol. The maximum Gasteiger partial charge on any atom is 0.407 e. The Labute approximate surface area is 258 Å². The van der Waals surface area contributed by atoms with Gasteiger partial charge < -0.3 is 34.3 Å². The summed E-state index contributed by atoms with van der Waals surface area (Å²) in [7, 11) is 1.66. The summed E-state index contributed by atoms with van der Waals surface area (Å²) >= 11 is 0. The maximum absolute atomic E-state index is 13.1. The van der Waals surface area contributed by atoms with E-state index in [2.05, 4.69) is 24.1 Å². The number of methoxy groups -OCH3 is 1. The van der Waals surface area contributed by atoms with Crippen LogP contribution in [0.2, 0.25) is 0 Å². The molecule has 246 valence electrons. The highest BCUT2D eigenvalue weighted by atomic mass is 16.6. The van der Waals surface area contributed by atoms with Crippen LogP contribution in [0, 0.1) is 17.8 Å². The average molecular weight is 609 g/mol. The van der Waals surface area contributed by atoms with Crippen LogP contribution in [0.3, 0.4) is 0 Å². The molecule has 1 aliphatic carbocycles. The van der Waals surface area contributed by atoms with Gasteiger partial charge in [-0.1, -0.05) is 46.1 Å². The molecule has 2 saturated heterocycles. The number of esters is 1. The van der Waals surface area contributed by atoms with Crippen molar-refractivity contribution in [1.29, 1.82) is 0 Å². The van der Waals surface area contributed by atoms with Crippen LogP contribution >= 0.6 is 0 Å². The van der Waals surface area contributed by atoms with Gasteiger partial charge in [0, 0.05) is 26.0 Å². The predicted molar refractivity (Wildman–Crippen MR) is 164 cm³/mol. The summed E-state index contributed by atoms with van der Waals surface area (Å²) in [5.41, 5.74) is -0.674. The summed E-state index contributed by atoms with van der Waals surface area (Å²) < 4.78 is 29.6. The second-order valence-electron chi connectivity index (χ2n) is 13.0. The molecular formula is C33H56N2O8. The molecule has 1 spiro atoms. The number of amides is 1. The molecule has 2 N–H and O–H groups in total. The Balaban J connectivity index is 1.36. The van der Waals surface area contributed by atoms with E-state index >= 15 is 0 Å². The molecule has 10 nitrogen and oxygen atoms in total. The lowest BCUT2D eigenvalue weighted by Gasteiger charge is -2.42. The van der Waals surface area contributed by atoms with E-state index in [1.165, 1.54) is 0 Å². The molecule has 1 saturated carbocycles. The van der Waals surface area contributed by atoms with Crippen LogP contribution in [-0.4, -0.2) is 87.3 Å². The van der Waals surface area contributed by atoms with Crippen LogP contribution in [0.1, 0.15) is 91.9 Å². The van der Waals surface area contributed by atoms with E-state index in [1.807, 2.05) is 26.8 Å². The third-order valence-corrected chi connectivity index (χ3v) is 9.43. The number of carbonyl (C=O) groups is 3. The van der Waals surface area contributed by atoms with E-state index in [9.17, 15) is 14.4 Å². The van der Waals surface area contributed by atoms with Crippen LogP contribution in [0.25, 0.3) is 0 Å². The van der Waals surface area contributed by atoms with Gasteiger partial charge in [0.25, 0.3) is 0 Å². The number of hydrogen-bond donors (Lipinski definition) is 2. The Kier molecular flexibility index (Phi) is 13.9. The van der Waals surface area contributed by atoms with Crippen LogP contribution in [0.5, 0.6) is 0 Å². The van der Waals surface area contributed by atoms with Gasteiger partial charge in [-0.25, -0.2) is 4.79 Å². The fourth-order valence-corrected chi connectivity index (χ4v) is 6.55. The lowest BCUT2D eigenvalue weighted by molar-refractivity contribution is -0.173. The van der Waals surface area contributed by atoms with Crippen LogP contribution in [0.4, 0.5) is 4.79 Å². The number of nitrogens with one attached hydrogen (secondary N) is 2. The molecule has 0 aromatic carbocycles. The second-order valence-corrected chi connectivity index (χ2v) is 13.0. The molecule has 2 aliphatic heterocycles. The lowest BCUT2D eigenvalue weighted by atomic mass is 9.68. The van der Waals surface area contributed by atoms with E-state index in [-0.39, 0.29) is 60.3 Å². The van der Waals surface area contributed by atoms with E-state index in [0.29, 0.717) is 32.5 Å². The van der Waals surface area contributed by atoms with Crippen molar-refractivity contribution in [3.8, 4) is 0 Å². The summed E-state index contributed by atoms with van der Waals surface area (Å²) in [6.45, 7) is 14.6. The normalized spacial score (nSPS) is 30.1. The number of epoxide rings is 2. The zero-order valence-electron chi connectivity index (χ0n) is 27.1.